The molecule has 3 nitrogen and oxygen atoms in total. The molecule has 2 rings (SSSR count). The van der Waals surface area contributed by atoms with Gasteiger partial charge in [-0.1, -0.05) is 0 Å². The lowest BCUT2D eigenvalue weighted by atomic mass is 10.3. The fourth-order valence-electron chi connectivity index (χ4n) is 1.62. The SMILES string of the molecule is FC(F)(F)COCCc1nc(CCNC2CC2)cs1. The normalized spacial score (nSPS) is 15.9. The smallest absolute Gasteiger partial charge is 0.372 e. The van der Waals surface area contributed by atoms with Crippen molar-refractivity contribution >= 4 is 11.3 Å². The van der Waals surface area contributed by atoms with E-state index in [4.69, 9.17) is 0 Å². The second-order valence-electron chi connectivity index (χ2n) is 4.63. The number of hydrogen-bond donors (Lipinski definition) is 1. The van der Waals surface area contributed by atoms with Gasteiger partial charge >= 0.3 is 6.18 Å². The molecule has 0 radical (unpaired) electrons. The predicted octanol–water partition coefficient (Wildman–Crippen LogP) is 2.56. The first kappa shape index (κ1) is 14.7. The molecular weight excluding hydrogens is 277 g/mol. The maximum absolute atomic E-state index is 11.9. The van der Waals surface area contributed by atoms with Gasteiger partial charge in [0.05, 0.1) is 17.3 Å². The number of aromatic nitrogens is 1. The molecule has 1 aromatic heterocycles. The van der Waals surface area contributed by atoms with Crippen LogP contribution in [-0.2, 0) is 17.6 Å². The van der Waals surface area contributed by atoms with E-state index in [1.165, 1.54) is 24.2 Å². The third-order valence-electron chi connectivity index (χ3n) is 2.72. The first-order valence-electron chi connectivity index (χ1n) is 6.34. The van der Waals surface area contributed by atoms with Crippen LogP contribution in [-0.4, -0.2) is 37.0 Å². The molecule has 19 heavy (non-hydrogen) atoms. The highest BCUT2D eigenvalue weighted by Gasteiger charge is 2.27. The van der Waals surface area contributed by atoms with E-state index in [2.05, 4.69) is 15.0 Å². The van der Waals surface area contributed by atoms with Crippen LogP contribution in [0, 0.1) is 0 Å². The Morgan fingerprint density at radius 3 is 2.84 bits per heavy atom. The van der Waals surface area contributed by atoms with Crippen molar-refractivity contribution in [3.8, 4) is 0 Å². The molecule has 7 heteroatoms. The fraction of sp³-hybridized carbons (Fsp3) is 0.750. The predicted molar refractivity (Wildman–Crippen MR) is 67.4 cm³/mol. The molecule has 0 atom stereocenters. The molecule has 108 valence electrons. The van der Waals surface area contributed by atoms with Gasteiger partial charge in [0.15, 0.2) is 0 Å². The summed E-state index contributed by atoms with van der Waals surface area (Å²) in [6.45, 7) is -0.207. The van der Waals surface area contributed by atoms with Crippen molar-refractivity contribution in [1.29, 1.82) is 0 Å². The fourth-order valence-corrected chi connectivity index (χ4v) is 2.43. The minimum Gasteiger partial charge on any atom is -0.372 e. The Kier molecular flexibility index (Phi) is 5.18. The van der Waals surface area contributed by atoms with Gasteiger partial charge in [-0.05, 0) is 12.8 Å². The van der Waals surface area contributed by atoms with Gasteiger partial charge in [0, 0.05) is 30.8 Å². The van der Waals surface area contributed by atoms with Crippen LogP contribution < -0.4 is 5.32 Å². The summed E-state index contributed by atoms with van der Waals surface area (Å²) in [5.74, 6) is 0. The Balaban J connectivity index is 1.59. The highest BCUT2D eigenvalue weighted by atomic mass is 32.1. The zero-order valence-corrected chi connectivity index (χ0v) is 11.3. The van der Waals surface area contributed by atoms with Crippen molar-refractivity contribution in [3.63, 3.8) is 0 Å². The van der Waals surface area contributed by atoms with Crippen molar-refractivity contribution in [2.24, 2.45) is 0 Å². The van der Waals surface area contributed by atoms with Crippen LogP contribution in [0.3, 0.4) is 0 Å². The Hall–Kier alpha value is -0.660. The summed E-state index contributed by atoms with van der Waals surface area (Å²) in [6, 6.07) is 0.689. The maximum Gasteiger partial charge on any atom is 0.411 e. The molecule has 0 unspecified atom stereocenters. The lowest BCUT2D eigenvalue weighted by Gasteiger charge is -2.06. The van der Waals surface area contributed by atoms with E-state index < -0.39 is 12.8 Å². The first-order valence-corrected chi connectivity index (χ1v) is 7.22. The molecule has 1 N–H and O–H groups in total. The molecule has 0 amide bonds. The highest BCUT2D eigenvalue weighted by Crippen LogP contribution is 2.19. The van der Waals surface area contributed by atoms with Crippen molar-refractivity contribution < 1.29 is 17.9 Å². The van der Waals surface area contributed by atoms with Gasteiger partial charge in [-0.15, -0.1) is 11.3 Å². The van der Waals surface area contributed by atoms with Crippen LogP contribution in [0.2, 0.25) is 0 Å². The standard InChI is InChI=1S/C12H17F3N2OS/c13-12(14,15)8-18-6-4-11-17-10(7-19-11)3-5-16-9-1-2-9/h7,9,16H,1-6,8H2. The molecule has 1 saturated carbocycles. The van der Waals surface area contributed by atoms with Crippen molar-refractivity contribution in [2.75, 3.05) is 19.8 Å². The Labute approximate surface area is 114 Å². The van der Waals surface area contributed by atoms with Crippen LogP contribution in [0.15, 0.2) is 5.38 Å². The molecule has 0 aromatic carbocycles. The number of thiazole rings is 1. The quantitative estimate of drug-likeness (QED) is 0.748. The van der Waals surface area contributed by atoms with Gasteiger partial charge in [0.2, 0.25) is 0 Å². The van der Waals surface area contributed by atoms with Crippen LogP contribution in [0.1, 0.15) is 23.5 Å². The van der Waals surface area contributed by atoms with E-state index in [9.17, 15) is 13.2 Å². The number of nitrogens with zero attached hydrogens (tertiary/aromatic N) is 1. The Morgan fingerprint density at radius 1 is 1.37 bits per heavy atom. The molecule has 1 fully saturated rings. The van der Waals surface area contributed by atoms with Gasteiger partial charge in [0.1, 0.15) is 6.61 Å². The summed E-state index contributed by atoms with van der Waals surface area (Å²) in [7, 11) is 0. The topological polar surface area (TPSA) is 34.1 Å². The van der Waals surface area contributed by atoms with Gasteiger partial charge < -0.3 is 10.1 Å². The summed E-state index contributed by atoms with van der Waals surface area (Å²) in [5.41, 5.74) is 1.00. The lowest BCUT2D eigenvalue weighted by molar-refractivity contribution is -0.173. The zero-order chi connectivity index (χ0) is 13.7. The third-order valence-corrected chi connectivity index (χ3v) is 3.67. The summed E-state index contributed by atoms with van der Waals surface area (Å²) in [6.07, 6.45) is -0.409. The van der Waals surface area contributed by atoms with E-state index in [1.807, 2.05) is 5.38 Å². The van der Waals surface area contributed by atoms with Gasteiger partial charge in [-0.2, -0.15) is 13.2 Å². The molecule has 1 aliphatic rings. The van der Waals surface area contributed by atoms with Crippen LogP contribution >= 0.6 is 11.3 Å². The largest absolute Gasteiger partial charge is 0.411 e. The second-order valence-corrected chi connectivity index (χ2v) is 5.57. The molecule has 1 aliphatic carbocycles. The van der Waals surface area contributed by atoms with Crippen LogP contribution in [0.5, 0.6) is 0 Å². The van der Waals surface area contributed by atoms with Crippen molar-refractivity contribution in [3.05, 3.63) is 16.1 Å². The van der Waals surface area contributed by atoms with E-state index in [0.717, 1.165) is 23.7 Å². The van der Waals surface area contributed by atoms with Crippen LogP contribution in [0.25, 0.3) is 0 Å². The minimum absolute atomic E-state index is 0.0623. The number of halogens is 3. The molecular formula is C12H17F3N2OS. The number of ether oxygens (including phenoxy) is 1. The second kappa shape index (κ2) is 6.67. The molecule has 1 heterocycles. The number of alkyl halides is 3. The molecule has 0 saturated heterocycles. The lowest BCUT2D eigenvalue weighted by Crippen LogP contribution is -2.19. The van der Waals surface area contributed by atoms with E-state index >= 15 is 0 Å². The molecule has 0 aliphatic heterocycles. The van der Waals surface area contributed by atoms with E-state index in [0.29, 0.717) is 12.5 Å². The monoisotopic (exact) mass is 294 g/mol. The molecule has 0 spiro atoms. The average molecular weight is 294 g/mol. The summed E-state index contributed by atoms with van der Waals surface area (Å²) in [4.78, 5) is 4.38. The Bertz CT molecular complexity index is 391. The molecule has 1 aromatic rings. The zero-order valence-electron chi connectivity index (χ0n) is 10.5. The summed E-state index contributed by atoms with van der Waals surface area (Å²) >= 11 is 1.48. The number of rotatable bonds is 8. The van der Waals surface area contributed by atoms with E-state index in [1.54, 1.807) is 0 Å². The third kappa shape index (κ3) is 6.35. The van der Waals surface area contributed by atoms with Gasteiger partial charge in [0.25, 0.3) is 0 Å². The first-order chi connectivity index (χ1) is 9.03. The van der Waals surface area contributed by atoms with Crippen molar-refractivity contribution in [1.82, 2.24) is 10.3 Å². The van der Waals surface area contributed by atoms with E-state index in [-0.39, 0.29) is 6.61 Å². The molecule has 0 bridgehead atoms. The number of nitrogens with one attached hydrogen (secondary N) is 1. The van der Waals surface area contributed by atoms with Crippen LogP contribution in [0.4, 0.5) is 13.2 Å². The van der Waals surface area contributed by atoms with Crippen molar-refractivity contribution in [2.45, 2.75) is 37.9 Å². The minimum atomic E-state index is -4.25. The van der Waals surface area contributed by atoms with Gasteiger partial charge in [-0.25, -0.2) is 4.98 Å². The highest BCUT2D eigenvalue weighted by molar-refractivity contribution is 7.09. The summed E-state index contributed by atoms with van der Waals surface area (Å²) < 4.78 is 40.1. The Morgan fingerprint density at radius 2 is 2.16 bits per heavy atom. The number of hydrogen-bond acceptors (Lipinski definition) is 4. The summed E-state index contributed by atoms with van der Waals surface area (Å²) in [5, 5.41) is 6.20. The average Bonchev–Trinajstić information content (AvgIpc) is 3.03. The maximum atomic E-state index is 11.9. The van der Waals surface area contributed by atoms with Gasteiger partial charge in [-0.3, -0.25) is 0 Å².